The van der Waals surface area contributed by atoms with Crippen molar-refractivity contribution in [2.24, 2.45) is 17.8 Å². The third-order valence-corrected chi connectivity index (χ3v) is 5.67. The van der Waals surface area contributed by atoms with Gasteiger partial charge in [-0.3, -0.25) is 9.59 Å². The number of amides is 1. The van der Waals surface area contributed by atoms with Gasteiger partial charge in [0.15, 0.2) is 6.61 Å². The van der Waals surface area contributed by atoms with E-state index >= 15 is 0 Å². The van der Waals surface area contributed by atoms with Crippen molar-refractivity contribution < 1.29 is 14.3 Å². The van der Waals surface area contributed by atoms with Crippen LogP contribution in [0.5, 0.6) is 0 Å². The lowest BCUT2D eigenvalue weighted by atomic mass is 9.86. The maximum absolute atomic E-state index is 12.0. The number of carbonyl (C=O) groups excluding carboxylic acids is 2. The summed E-state index contributed by atoms with van der Waals surface area (Å²) >= 11 is 6.17. The number of benzene rings is 1. The summed E-state index contributed by atoms with van der Waals surface area (Å²) in [5, 5.41) is 3.23. The van der Waals surface area contributed by atoms with Gasteiger partial charge in [0.1, 0.15) is 0 Å². The largest absolute Gasteiger partial charge is 0.456 e. The number of anilines is 1. The number of fused-ring (bicyclic) bond motifs is 2. The maximum atomic E-state index is 12.0. The Kier molecular flexibility index (Phi) is 5.14. The molecule has 2 aliphatic carbocycles. The Balaban J connectivity index is 1.46. The number of hydrogen-bond donors (Lipinski definition) is 1. The summed E-state index contributed by atoms with van der Waals surface area (Å²) in [7, 11) is 0. The van der Waals surface area contributed by atoms with Gasteiger partial charge in [0.25, 0.3) is 5.91 Å². The van der Waals surface area contributed by atoms with Crippen LogP contribution >= 0.6 is 11.6 Å². The molecule has 3 atom stereocenters. The molecule has 2 aliphatic rings. The number of nitrogens with one attached hydrogen (secondary N) is 1. The molecule has 0 heterocycles. The van der Waals surface area contributed by atoms with Crippen molar-refractivity contribution in [3.63, 3.8) is 0 Å². The smallest absolute Gasteiger partial charge is 0.306 e. The van der Waals surface area contributed by atoms with Crippen LogP contribution in [0.2, 0.25) is 5.02 Å². The summed E-state index contributed by atoms with van der Waals surface area (Å²) in [6.45, 7) is 3.57. The fourth-order valence-corrected chi connectivity index (χ4v) is 4.66. The first-order valence-corrected chi connectivity index (χ1v) is 9.02. The van der Waals surface area contributed by atoms with Gasteiger partial charge in [0.2, 0.25) is 0 Å². The van der Waals surface area contributed by atoms with Crippen LogP contribution < -0.4 is 5.32 Å². The van der Waals surface area contributed by atoms with Crippen LogP contribution in [-0.4, -0.2) is 18.5 Å². The average Bonchev–Trinajstić information content (AvgIpc) is 3.11. The third-order valence-electron chi connectivity index (χ3n) is 5.37. The molecule has 2 saturated carbocycles. The maximum Gasteiger partial charge on any atom is 0.306 e. The standard InChI is InChI=1S/C19H24ClNO3/c1-11-5-12(2)19(16(20)6-11)21-17(22)10-24-18(23)9-15-8-13-3-4-14(15)7-13/h5-6,13-15H,3-4,7-10H2,1-2H3,(H,21,22)/t13-,14-,15+/m1/s1. The Morgan fingerprint density at radius 1 is 1.25 bits per heavy atom. The second-order valence-electron chi connectivity index (χ2n) is 7.29. The van der Waals surface area contributed by atoms with Gasteiger partial charge in [-0.1, -0.05) is 24.1 Å². The molecule has 5 heteroatoms. The minimum Gasteiger partial charge on any atom is -0.456 e. The molecular formula is C19H24ClNO3. The number of hydrogen-bond acceptors (Lipinski definition) is 3. The summed E-state index contributed by atoms with van der Waals surface area (Å²) in [5.74, 6) is 1.32. The third kappa shape index (κ3) is 3.92. The average molecular weight is 350 g/mol. The molecule has 0 unspecified atom stereocenters. The van der Waals surface area contributed by atoms with Crippen LogP contribution in [0.15, 0.2) is 12.1 Å². The van der Waals surface area contributed by atoms with Crippen molar-refractivity contribution in [3.05, 3.63) is 28.3 Å². The highest BCUT2D eigenvalue weighted by Crippen LogP contribution is 2.49. The number of halogens is 1. The van der Waals surface area contributed by atoms with Crippen molar-refractivity contribution in [2.45, 2.75) is 46.0 Å². The first kappa shape index (κ1) is 17.3. The lowest BCUT2D eigenvalue weighted by Gasteiger charge is -2.20. The molecule has 2 bridgehead atoms. The molecule has 1 aromatic rings. The molecule has 0 spiro atoms. The molecule has 0 aliphatic heterocycles. The number of carbonyl (C=O) groups is 2. The van der Waals surface area contributed by atoms with Gasteiger partial charge in [0.05, 0.1) is 10.7 Å². The van der Waals surface area contributed by atoms with Crippen LogP contribution in [0, 0.1) is 31.6 Å². The van der Waals surface area contributed by atoms with Crippen molar-refractivity contribution in [3.8, 4) is 0 Å². The lowest BCUT2D eigenvalue weighted by Crippen LogP contribution is -2.23. The van der Waals surface area contributed by atoms with Crippen LogP contribution in [0.1, 0.15) is 43.2 Å². The summed E-state index contributed by atoms with van der Waals surface area (Å²) in [5.41, 5.74) is 2.51. The predicted octanol–water partition coefficient (Wildman–Crippen LogP) is 4.26. The van der Waals surface area contributed by atoms with Crippen LogP contribution in [0.25, 0.3) is 0 Å². The Morgan fingerprint density at radius 2 is 2.04 bits per heavy atom. The molecule has 0 saturated heterocycles. The first-order valence-electron chi connectivity index (χ1n) is 8.64. The zero-order chi connectivity index (χ0) is 17.3. The minimum atomic E-state index is -0.356. The number of rotatable bonds is 5. The zero-order valence-corrected chi connectivity index (χ0v) is 15.0. The van der Waals surface area contributed by atoms with Gasteiger partial charge in [-0.15, -0.1) is 0 Å². The molecule has 3 rings (SSSR count). The molecule has 2 fully saturated rings. The highest BCUT2D eigenvalue weighted by atomic mass is 35.5. The predicted molar refractivity (Wildman–Crippen MR) is 94.1 cm³/mol. The highest BCUT2D eigenvalue weighted by molar-refractivity contribution is 6.34. The Morgan fingerprint density at radius 3 is 2.67 bits per heavy atom. The van der Waals surface area contributed by atoms with Gasteiger partial charge in [-0.25, -0.2) is 0 Å². The molecular weight excluding hydrogens is 326 g/mol. The SMILES string of the molecule is Cc1cc(C)c(NC(=O)COC(=O)C[C@@H]2C[C@@H]3CC[C@@H]2C3)c(Cl)c1. The zero-order valence-electron chi connectivity index (χ0n) is 14.2. The summed E-state index contributed by atoms with van der Waals surface area (Å²) in [6.07, 6.45) is 5.41. The van der Waals surface area contributed by atoms with Crippen molar-refractivity contribution in [1.82, 2.24) is 0 Å². The normalized spacial score (nSPS) is 24.9. The minimum absolute atomic E-state index is 0.261. The fourth-order valence-electron chi connectivity index (χ4n) is 4.30. The van der Waals surface area contributed by atoms with Crippen LogP contribution in [-0.2, 0) is 14.3 Å². The summed E-state index contributed by atoms with van der Waals surface area (Å²) in [6, 6.07) is 3.74. The van der Waals surface area contributed by atoms with Crippen molar-refractivity contribution in [2.75, 3.05) is 11.9 Å². The summed E-state index contributed by atoms with van der Waals surface area (Å²) < 4.78 is 5.16. The van der Waals surface area contributed by atoms with E-state index in [1.807, 2.05) is 19.9 Å². The van der Waals surface area contributed by atoms with E-state index < -0.39 is 0 Å². The number of ether oxygens (including phenoxy) is 1. The summed E-state index contributed by atoms with van der Waals surface area (Å²) in [4.78, 5) is 24.0. The molecule has 130 valence electrons. The Bertz CT molecular complexity index is 635. The van der Waals surface area contributed by atoms with Gasteiger partial charge in [-0.2, -0.15) is 0 Å². The lowest BCUT2D eigenvalue weighted by molar-refractivity contribution is -0.148. The molecule has 1 N–H and O–H groups in total. The molecule has 0 aromatic heterocycles. The fraction of sp³-hybridized carbons (Fsp3) is 0.579. The second-order valence-corrected chi connectivity index (χ2v) is 7.69. The van der Waals surface area contributed by atoms with Gasteiger partial charge in [0, 0.05) is 6.42 Å². The monoisotopic (exact) mass is 349 g/mol. The van der Waals surface area contributed by atoms with Crippen molar-refractivity contribution >= 4 is 29.2 Å². The van der Waals surface area contributed by atoms with E-state index in [-0.39, 0.29) is 18.5 Å². The molecule has 24 heavy (non-hydrogen) atoms. The number of esters is 1. The van der Waals surface area contributed by atoms with Crippen LogP contribution in [0.3, 0.4) is 0 Å². The van der Waals surface area contributed by atoms with E-state index in [0.717, 1.165) is 23.5 Å². The van der Waals surface area contributed by atoms with Gasteiger partial charge < -0.3 is 10.1 Å². The van der Waals surface area contributed by atoms with Crippen LogP contribution in [0.4, 0.5) is 5.69 Å². The Hall–Kier alpha value is -1.55. The molecule has 1 amide bonds. The molecule has 4 nitrogen and oxygen atoms in total. The van der Waals surface area contributed by atoms with E-state index in [0.29, 0.717) is 29.0 Å². The van der Waals surface area contributed by atoms with Gasteiger partial charge >= 0.3 is 5.97 Å². The van der Waals surface area contributed by atoms with Crippen molar-refractivity contribution in [1.29, 1.82) is 0 Å². The topological polar surface area (TPSA) is 55.4 Å². The van der Waals surface area contributed by atoms with E-state index in [1.165, 1.54) is 19.3 Å². The van der Waals surface area contributed by atoms with E-state index in [4.69, 9.17) is 16.3 Å². The quantitative estimate of drug-likeness (QED) is 0.808. The highest BCUT2D eigenvalue weighted by Gasteiger charge is 2.40. The molecule has 1 aromatic carbocycles. The first-order chi connectivity index (χ1) is 11.4. The van der Waals surface area contributed by atoms with E-state index in [9.17, 15) is 9.59 Å². The molecule has 0 radical (unpaired) electrons. The van der Waals surface area contributed by atoms with Gasteiger partial charge in [-0.05, 0) is 68.1 Å². The van der Waals surface area contributed by atoms with E-state index in [2.05, 4.69) is 5.32 Å². The second kappa shape index (κ2) is 7.14. The number of aryl methyl sites for hydroxylation is 2. The Labute approximate surface area is 147 Å². The van der Waals surface area contributed by atoms with E-state index in [1.54, 1.807) is 6.07 Å².